The highest BCUT2D eigenvalue weighted by molar-refractivity contribution is 6.00. The van der Waals surface area contributed by atoms with Crippen molar-refractivity contribution in [2.75, 3.05) is 26.2 Å². The minimum absolute atomic E-state index is 0.0682. The molecule has 4 N–H and O–H groups in total. The fourth-order valence-electron chi connectivity index (χ4n) is 5.03. The number of aryl methyl sites for hydroxylation is 1. The first kappa shape index (κ1) is 36.8. The average molecular weight is 617 g/mol. The van der Waals surface area contributed by atoms with Gasteiger partial charge in [-0.1, -0.05) is 41.5 Å². The Morgan fingerprint density at radius 2 is 1.45 bits per heavy atom. The van der Waals surface area contributed by atoms with Crippen molar-refractivity contribution in [3.63, 3.8) is 0 Å². The van der Waals surface area contributed by atoms with Crippen LogP contribution in [-0.2, 0) is 11.2 Å². The molecule has 0 aliphatic rings. The van der Waals surface area contributed by atoms with Crippen molar-refractivity contribution in [1.82, 2.24) is 20.9 Å². The van der Waals surface area contributed by atoms with Crippen molar-refractivity contribution in [3.05, 3.63) is 70.3 Å². The highest BCUT2D eigenvalue weighted by Gasteiger charge is 2.28. The number of aliphatic hydroxyl groups is 1. The van der Waals surface area contributed by atoms with Crippen molar-refractivity contribution in [2.24, 2.45) is 11.8 Å². The van der Waals surface area contributed by atoms with Gasteiger partial charge in [0.2, 0.25) is 5.91 Å². The molecule has 0 radical (unpaired) electrons. The highest BCUT2D eigenvalue weighted by Crippen LogP contribution is 2.16. The summed E-state index contributed by atoms with van der Waals surface area (Å²) in [6.45, 7) is 15.2. The van der Waals surface area contributed by atoms with Gasteiger partial charge in [-0.2, -0.15) is 0 Å². The molecule has 0 heterocycles. The van der Waals surface area contributed by atoms with Gasteiger partial charge >= 0.3 is 0 Å². The normalized spacial score (nSPS) is 13.5. The van der Waals surface area contributed by atoms with Crippen molar-refractivity contribution in [3.8, 4) is 0 Å². The molecule has 3 amide bonds. The molecule has 10 heteroatoms. The monoisotopic (exact) mass is 616 g/mol. The molecule has 0 bridgehead atoms. The fourth-order valence-corrected chi connectivity index (χ4v) is 5.03. The molecular weight excluding hydrogens is 566 g/mol. The Morgan fingerprint density at radius 3 is 2.00 bits per heavy atom. The van der Waals surface area contributed by atoms with E-state index in [4.69, 9.17) is 0 Å². The second kappa shape index (κ2) is 17.8. The van der Waals surface area contributed by atoms with Crippen LogP contribution in [-0.4, -0.2) is 72.1 Å². The second-order valence-electron chi connectivity index (χ2n) is 12.3. The molecule has 244 valence electrons. The van der Waals surface area contributed by atoms with Crippen LogP contribution in [0.15, 0.2) is 36.4 Å². The van der Waals surface area contributed by atoms with Crippen LogP contribution in [0.4, 0.5) is 8.78 Å². The molecule has 0 unspecified atom stereocenters. The third-order valence-corrected chi connectivity index (χ3v) is 7.20. The molecule has 8 nitrogen and oxygen atoms in total. The molecule has 2 aromatic carbocycles. The Kier molecular flexibility index (Phi) is 14.9. The first-order valence-electron chi connectivity index (χ1n) is 15.6. The van der Waals surface area contributed by atoms with E-state index in [2.05, 4.69) is 16.0 Å². The summed E-state index contributed by atoms with van der Waals surface area (Å²) in [5.41, 5.74) is 1.57. The number of aliphatic hydroxyl groups excluding tert-OH is 1. The Hall–Kier alpha value is -3.37. The summed E-state index contributed by atoms with van der Waals surface area (Å²) in [6.07, 6.45) is 0.305. The van der Waals surface area contributed by atoms with Crippen LogP contribution in [0.2, 0.25) is 0 Å². The average Bonchev–Trinajstić information content (AvgIpc) is 2.94. The predicted octanol–water partition coefficient (Wildman–Crippen LogP) is 4.62. The quantitative estimate of drug-likeness (QED) is 0.207. The lowest BCUT2D eigenvalue weighted by Gasteiger charge is -2.28. The molecule has 0 aromatic heterocycles. The lowest BCUT2D eigenvalue weighted by Crippen LogP contribution is -2.54. The molecule has 2 aromatic rings. The summed E-state index contributed by atoms with van der Waals surface area (Å²) < 4.78 is 28.0. The predicted molar refractivity (Wildman–Crippen MR) is 169 cm³/mol. The second-order valence-corrected chi connectivity index (χ2v) is 12.3. The number of hydrogen-bond acceptors (Lipinski definition) is 5. The van der Waals surface area contributed by atoms with E-state index >= 15 is 0 Å². The zero-order valence-electron chi connectivity index (χ0n) is 27.2. The van der Waals surface area contributed by atoms with Crippen molar-refractivity contribution in [1.29, 1.82) is 0 Å². The zero-order valence-corrected chi connectivity index (χ0v) is 27.2. The minimum Gasteiger partial charge on any atom is -0.390 e. The fraction of sp³-hybridized carbons (Fsp3) is 0.559. The number of amides is 3. The number of benzene rings is 2. The standard InChI is InChI=1S/C34H50F2N4O4/c1-8-10-40(11-9-2)34(44)26-13-23(7)12-25(17-26)32(42)39-29(16-24-14-27(35)18-28(36)15-24)30(41)20-37-31(22(5)6)33(43)38-19-21(3)4/h12-15,17-18,21-22,29-31,37,41H,8-11,16,19-20H2,1-7H3,(H,38,43)(H,39,42)/t29-,30+,31+/m0/s1. The number of nitrogens with one attached hydrogen (secondary N) is 3. The van der Waals surface area contributed by atoms with E-state index in [1.165, 1.54) is 6.07 Å². The first-order chi connectivity index (χ1) is 20.7. The molecule has 0 spiro atoms. The van der Waals surface area contributed by atoms with Crippen molar-refractivity contribution >= 4 is 17.7 Å². The Balaban J connectivity index is 2.33. The van der Waals surface area contributed by atoms with Gasteiger partial charge in [0.15, 0.2) is 0 Å². The van der Waals surface area contributed by atoms with Crippen LogP contribution in [0.25, 0.3) is 0 Å². The van der Waals surface area contributed by atoms with E-state index in [1.54, 1.807) is 24.0 Å². The van der Waals surface area contributed by atoms with E-state index in [-0.39, 0.29) is 47.7 Å². The van der Waals surface area contributed by atoms with Gasteiger partial charge in [0, 0.05) is 43.4 Å². The number of halogens is 2. The van der Waals surface area contributed by atoms with Gasteiger partial charge in [-0.15, -0.1) is 0 Å². The third-order valence-electron chi connectivity index (χ3n) is 7.20. The number of carbonyl (C=O) groups excluding carboxylic acids is 3. The van der Waals surface area contributed by atoms with E-state index in [0.29, 0.717) is 30.8 Å². The van der Waals surface area contributed by atoms with Gasteiger partial charge in [-0.3, -0.25) is 14.4 Å². The SMILES string of the molecule is CCCN(CCC)C(=O)c1cc(C)cc(C(=O)N[C@@H](Cc2cc(F)cc(F)c2)[C@H](O)CN[C@@H](C(=O)NCC(C)C)C(C)C)c1. The summed E-state index contributed by atoms with van der Waals surface area (Å²) in [4.78, 5) is 41.4. The first-order valence-corrected chi connectivity index (χ1v) is 15.6. The molecule has 0 aliphatic carbocycles. The number of rotatable bonds is 17. The van der Waals surface area contributed by atoms with E-state index in [1.807, 2.05) is 41.5 Å². The van der Waals surface area contributed by atoms with E-state index in [0.717, 1.165) is 31.0 Å². The summed E-state index contributed by atoms with van der Waals surface area (Å²) in [5, 5.41) is 20.1. The van der Waals surface area contributed by atoms with Gasteiger partial charge in [0.05, 0.1) is 18.2 Å². The van der Waals surface area contributed by atoms with E-state index < -0.39 is 35.7 Å². The highest BCUT2D eigenvalue weighted by atomic mass is 19.1. The zero-order chi connectivity index (χ0) is 33.0. The largest absolute Gasteiger partial charge is 0.390 e. The molecule has 44 heavy (non-hydrogen) atoms. The molecule has 0 fully saturated rings. The van der Waals surface area contributed by atoms with Crippen LogP contribution in [0.5, 0.6) is 0 Å². The maximum absolute atomic E-state index is 14.0. The van der Waals surface area contributed by atoms with Crippen LogP contribution in [0.1, 0.15) is 86.2 Å². The van der Waals surface area contributed by atoms with Crippen LogP contribution >= 0.6 is 0 Å². The van der Waals surface area contributed by atoms with Crippen LogP contribution < -0.4 is 16.0 Å². The van der Waals surface area contributed by atoms with Gasteiger partial charge in [0.1, 0.15) is 11.6 Å². The van der Waals surface area contributed by atoms with Gasteiger partial charge in [-0.05, 0) is 79.5 Å². The van der Waals surface area contributed by atoms with Gasteiger partial charge in [0.25, 0.3) is 11.8 Å². The smallest absolute Gasteiger partial charge is 0.253 e. The lowest BCUT2D eigenvalue weighted by molar-refractivity contribution is -0.124. The molecule has 0 aliphatic heterocycles. The van der Waals surface area contributed by atoms with Gasteiger partial charge < -0.3 is 26.0 Å². The number of nitrogens with zero attached hydrogens (tertiary/aromatic N) is 1. The van der Waals surface area contributed by atoms with Crippen LogP contribution in [0.3, 0.4) is 0 Å². The molecular formula is C34H50F2N4O4. The summed E-state index contributed by atoms with van der Waals surface area (Å²) in [7, 11) is 0. The van der Waals surface area contributed by atoms with Crippen LogP contribution in [0, 0.1) is 30.4 Å². The Bertz CT molecular complexity index is 1230. The van der Waals surface area contributed by atoms with Crippen molar-refractivity contribution in [2.45, 2.75) is 85.9 Å². The maximum atomic E-state index is 14.0. The number of carbonyl (C=O) groups is 3. The van der Waals surface area contributed by atoms with Crippen molar-refractivity contribution < 1.29 is 28.3 Å². The summed E-state index contributed by atoms with van der Waals surface area (Å²) in [5.74, 6) is -2.29. The van der Waals surface area contributed by atoms with E-state index in [9.17, 15) is 28.3 Å². The van der Waals surface area contributed by atoms with Gasteiger partial charge in [-0.25, -0.2) is 8.78 Å². The number of hydrogen-bond donors (Lipinski definition) is 4. The Morgan fingerprint density at radius 1 is 0.864 bits per heavy atom. The lowest BCUT2D eigenvalue weighted by atomic mass is 9.98. The molecule has 3 atom stereocenters. The topological polar surface area (TPSA) is 111 Å². The summed E-state index contributed by atoms with van der Waals surface area (Å²) >= 11 is 0. The molecule has 2 rings (SSSR count). The molecule has 0 saturated heterocycles. The molecule has 0 saturated carbocycles. The Labute approximate surface area is 261 Å². The maximum Gasteiger partial charge on any atom is 0.253 e. The third kappa shape index (κ3) is 11.6. The summed E-state index contributed by atoms with van der Waals surface area (Å²) in [6, 6.07) is 6.39. The minimum atomic E-state index is -1.22.